The monoisotopic (exact) mass is 389 g/mol. The quantitative estimate of drug-likeness (QED) is 0.232. The zero-order chi connectivity index (χ0) is 20.6. The molecule has 1 N–H and O–H groups in total. The van der Waals surface area contributed by atoms with Crippen LogP contribution in [-0.2, 0) is 6.54 Å². The van der Waals surface area contributed by atoms with Crippen LogP contribution in [0.25, 0.3) is 10.9 Å². The van der Waals surface area contributed by atoms with Gasteiger partial charge in [0.15, 0.2) is 0 Å². The lowest BCUT2D eigenvalue weighted by Crippen LogP contribution is -2.17. The number of allylic oxidation sites excluding steroid dienone is 4. The Morgan fingerprint density at radius 2 is 1.93 bits per heavy atom. The van der Waals surface area contributed by atoms with E-state index in [4.69, 9.17) is 0 Å². The number of fused-ring (bicyclic) bond motifs is 1. The van der Waals surface area contributed by atoms with Gasteiger partial charge in [0, 0.05) is 35.3 Å². The van der Waals surface area contributed by atoms with E-state index in [2.05, 4.69) is 11.4 Å². The van der Waals surface area contributed by atoms with Crippen LogP contribution in [0.3, 0.4) is 0 Å². The van der Waals surface area contributed by atoms with Crippen molar-refractivity contribution in [1.82, 2.24) is 4.57 Å². The molecule has 0 aliphatic rings. The molecule has 0 atom stereocenters. The summed E-state index contributed by atoms with van der Waals surface area (Å²) in [6.07, 6.45) is 9.75. The van der Waals surface area contributed by atoms with Crippen LogP contribution in [0.5, 0.6) is 0 Å². The second-order valence-corrected chi connectivity index (χ2v) is 6.60. The van der Waals surface area contributed by atoms with Crippen molar-refractivity contribution < 1.29 is 9.72 Å². The predicted octanol–water partition coefficient (Wildman–Crippen LogP) is 5.71. The van der Waals surface area contributed by atoms with Crippen molar-refractivity contribution in [3.63, 3.8) is 0 Å². The predicted molar refractivity (Wildman–Crippen MR) is 116 cm³/mol. The second-order valence-electron chi connectivity index (χ2n) is 6.60. The minimum atomic E-state index is -0.424. The van der Waals surface area contributed by atoms with Gasteiger partial charge in [-0.3, -0.25) is 14.9 Å². The molecule has 6 heteroatoms. The summed E-state index contributed by atoms with van der Waals surface area (Å²) in [7, 11) is 0. The van der Waals surface area contributed by atoms with Crippen molar-refractivity contribution >= 4 is 28.2 Å². The molecule has 3 aromatic rings. The number of rotatable bonds is 8. The zero-order valence-electron chi connectivity index (χ0n) is 16.2. The van der Waals surface area contributed by atoms with Crippen molar-refractivity contribution in [3.8, 4) is 0 Å². The molecule has 0 saturated carbocycles. The fraction of sp³-hybridized carbons (Fsp3) is 0.174. The van der Waals surface area contributed by atoms with Crippen LogP contribution in [0.15, 0.2) is 78.9 Å². The molecule has 0 saturated heterocycles. The van der Waals surface area contributed by atoms with Gasteiger partial charge in [-0.1, -0.05) is 42.5 Å². The Balaban J connectivity index is 1.90. The fourth-order valence-electron chi connectivity index (χ4n) is 3.17. The number of hydrogen-bond donors (Lipinski definition) is 1. The van der Waals surface area contributed by atoms with Gasteiger partial charge < -0.3 is 9.88 Å². The van der Waals surface area contributed by atoms with E-state index in [0.29, 0.717) is 23.3 Å². The van der Waals surface area contributed by atoms with E-state index in [1.54, 1.807) is 12.1 Å². The molecule has 0 aliphatic heterocycles. The molecule has 0 aliphatic carbocycles. The Morgan fingerprint density at radius 1 is 1.14 bits per heavy atom. The largest absolute Gasteiger partial charge is 0.336 e. The van der Waals surface area contributed by atoms with Gasteiger partial charge in [0.05, 0.1) is 4.92 Å². The summed E-state index contributed by atoms with van der Waals surface area (Å²) in [5.41, 5.74) is 2.02. The molecule has 0 unspecified atom stereocenters. The molecule has 29 heavy (non-hydrogen) atoms. The summed E-state index contributed by atoms with van der Waals surface area (Å²) in [6, 6.07) is 15.6. The zero-order valence-corrected chi connectivity index (χ0v) is 16.2. The summed E-state index contributed by atoms with van der Waals surface area (Å²) in [5, 5.41) is 14.7. The first kappa shape index (κ1) is 20.1. The summed E-state index contributed by atoms with van der Waals surface area (Å²) < 4.78 is 1.93. The molecule has 148 valence electrons. The van der Waals surface area contributed by atoms with Crippen LogP contribution < -0.4 is 5.32 Å². The van der Waals surface area contributed by atoms with Crippen LogP contribution in [0.2, 0.25) is 0 Å². The number of carbonyl (C=O) groups excluding carboxylic acids is 1. The van der Waals surface area contributed by atoms with Crippen molar-refractivity contribution in [1.29, 1.82) is 0 Å². The summed E-state index contributed by atoms with van der Waals surface area (Å²) >= 11 is 0. The maximum absolute atomic E-state index is 12.9. The molecule has 2 aromatic carbocycles. The van der Waals surface area contributed by atoms with Gasteiger partial charge in [0.25, 0.3) is 11.6 Å². The smallest absolute Gasteiger partial charge is 0.272 e. The number of carbonyl (C=O) groups is 1. The lowest BCUT2D eigenvalue weighted by atomic mass is 10.2. The average molecular weight is 389 g/mol. The minimum Gasteiger partial charge on any atom is -0.336 e. The van der Waals surface area contributed by atoms with Gasteiger partial charge in [0.1, 0.15) is 5.69 Å². The van der Waals surface area contributed by atoms with Gasteiger partial charge in [-0.2, -0.15) is 0 Å². The molecule has 3 rings (SSSR count). The third-order valence-corrected chi connectivity index (χ3v) is 4.55. The van der Waals surface area contributed by atoms with Crippen molar-refractivity contribution in [2.45, 2.75) is 26.3 Å². The van der Waals surface area contributed by atoms with Crippen LogP contribution >= 0.6 is 0 Å². The number of amides is 1. The first-order valence-electron chi connectivity index (χ1n) is 9.52. The minimum absolute atomic E-state index is 0.0129. The van der Waals surface area contributed by atoms with E-state index in [-0.39, 0.29) is 11.6 Å². The maximum atomic E-state index is 12.9. The van der Waals surface area contributed by atoms with E-state index >= 15 is 0 Å². The van der Waals surface area contributed by atoms with Crippen LogP contribution in [0.4, 0.5) is 11.4 Å². The lowest BCUT2D eigenvalue weighted by molar-refractivity contribution is -0.384. The third-order valence-electron chi connectivity index (χ3n) is 4.55. The van der Waals surface area contributed by atoms with E-state index in [0.717, 1.165) is 18.4 Å². The van der Waals surface area contributed by atoms with Gasteiger partial charge >= 0.3 is 0 Å². The number of nitrogens with zero attached hydrogens (tertiary/aromatic N) is 2. The number of anilines is 1. The van der Waals surface area contributed by atoms with E-state index in [1.807, 2.05) is 60.1 Å². The summed E-state index contributed by atoms with van der Waals surface area (Å²) in [6.45, 7) is 2.60. The number of aromatic nitrogens is 1. The van der Waals surface area contributed by atoms with Crippen molar-refractivity contribution in [2.75, 3.05) is 5.32 Å². The van der Waals surface area contributed by atoms with Gasteiger partial charge in [-0.25, -0.2) is 0 Å². The second kappa shape index (κ2) is 9.50. The Morgan fingerprint density at radius 3 is 2.66 bits per heavy atom. The third kappa shape index (κ3) is 4.99. The number of aryl methyl sites for hydroxylation is 1. The number of nitro groups is 1. The Labute approximate surface area is 169 Å². The number of non-ortho nitro benzene ring substituents is 1. The van der Waals surface area contributed by atoms with Crippen LogP contribution in [-0.4, -0.2) is 15.4 Å². The highest BCUT2D eigenvalue weighted by molar-refractivity contribution is 6.06. The van der Waals surface area contributed by atoms with Crippen molar-refractivity contribution in [3.05, 3.63) is 94.7 Å². The Hall–Kier alpha value is -3.67. The molecule has 0 spiro atoms. The van der Waals surface area contributed by atoms with E-state index in [9.17, 15) is 14.9 Å². The molecule has 0 radical (unpaired) electrons. The van der Waals surface area contributed by atoms with Crippen LogP contribution in [0.1, 0.15) is 30.3 Å². The Bertz CT molecular complexity index is 1070. The highest BCUT2D eigenvalue weighted by Crippen LogP contribution is 2.26. The number of unbranched alkanes of at least 4 members (excludes halogenated alkanes) is 1. The molecule has 1 heterocycles. The fourth-order valence-corrected chi connectivity index (χ4v) is 3.17. The average Bonchev–Trinajstić information content (AvgIpc) is 3.09. The van der Waals surface area contributed by atoms with Crippen LogP contribution in [0, 0.1) is 10.1 Å². The number of nitrogens with one attached hydrogen (secondary N) is 1. The molecule has 0 bridgehead atoms. The number of nitro benzene ring substituents is 1. The lowest BCUT2D eigenvalue weighted by Gasteiger charge is -2.11. The van der Waals surface area contributed by atoms with E-state index in [1.165, 1.54) is 12.1 Å². The Kier molecular flexibility index (Phi) is 6.58. The highest BCUT2D eigenvalue weighted by atomic mass is 16.6. The number of para-hydroxylation sites is 1. The van der Waals surface area contributed by atoms with Gasteiger partial charge in [-0.05, 0) is 44.0 Å². The maximum Gasteiger partial charge on any atom is 0.272 e. The van der Waals surface area contributed by atoms with Gasteiger partial charge in [-0.15, -0.1) is 0 Å². The molecule has 1 aromatic heterocycles. The molecule has 6 nitrogen and oxygen atoms in total. The van der Waals surface area contributed by atoms with E-state index < -0.39 is 4.92 Å². The van der Waals surface area contributed by atoms with Gasteiger partial charge in [0.2, 0.25) is 0 Å². The first-order valence-corrected chi connectivity index (χ1v) is 9.52. The van der Waals surface area contributed by atoms with Crippen molar-refractivity contribution in [2.24, 2.45) is 0 Å². The highest BCUT2D eigenvalue weighted by Gasteiger charge is 2.17. The number of benzene rings is 2. The molecule has 1 amide bonds. The molecular weight excluding hydrogens is 366 g/mol. The summed E-state index contributed by atoms with van der Waals surface area (Å²) in [4.78, 5) is 23.6. The first-order chi connectivity index (χ1) is 14.1. The SMILES string of the molecule is C/C=C\C=C/CCCn1c(C(=O)Nc2ccccc2)cc2cc([N+](=O)[O-])ccc21. The number of hydrogen-bond acceptors (Lipinski definition) is 3. The molecule has 0 fully saturated rings. The topological polar surface area (TPSA) is 77.2 Å². The normalized spacial score (nSPS) is 11.5. The summed E-state index contributed by atoms with van der Waals surface area (Å²) in [5.74, 6) is -0.237. The molecular formula is C23H23N3O3. The standard InChI is InChI=1S/C23H23N3O3/c1-2-3-4-5-6-10-15-25-21-14-13-20(26(28)29)16-18(21)17-22(25)23(27)24-19-11-8-7-9-12-19/h2-5,7-9,11-14,16-17H,6,10,15H2,1H3,(H,24,27)/b3-2-,5-4-.